The van der Waals surface area contributed by atoms with E-state index in [1.807, 2.05) is 12.1 Å². The summed E-state index contributed by atoms with van der Waals surface area (Å²) in [7, 11) is 0. The predicted molar refractivity (Wildman–Crippen MR) is 82.8 cm³/mol. The predicted octanol–water partition coefficient (Wildman–Crippen LogP) is 2.34. The van der Waals surface area contributed by atoms with E-state index < -0.39 is 0 Å². The first-order chi connectivity index (χ1) is 10.7. The molecule has 1 unspecified atom stereocenters. The summed E-state index contributed by atoms with van der Waals surface area (Å²) < 4.78 is 8.27. The number of ether oxygens (including phenoxy) is 1. The van der Waals surface area contributed by atoms with Crippen molar-refractivity contribution in [2.45, 2.75) is 6.04 Å². The van der Waals surface area contributed by atoms with Gasteiger partial charge in [0.05, 0.1) is 9.99 Å². The number of H-pyrrole nitrogens is 1. The van der Waals surface area contributed by atoms with Crippen molar-refractivity contribution in [1.29, 1.82) is 5.26 Å². The Balaban J connectivity index is 2.04. The van der Waals surface area contributed by atoms with Gasteiger partial charge in [0.15, 0.2) is 5.75 Å². The van der Waals surface area contributed by atoms with Crippen LogP contribution in [0.2, 0.25) is 0 Å². The molecule has 4 rings (SSSR count). The summed E-state index contributed by atoms with van der Waals surface area (Å²) >= 11 is 3.44. The minimum Gasteiger partial charge on any atom is -0.488 e. The number of nitrogens with zero attached hydrogens (tertiary/aromatic N) is 3. The monoisotopic (exact) mass is 356 g/mol. The van der Waals surface area contributed by atoms with Crippen LogP contribution in [0.5, 0.6) is 5.75 Å². The van der Waals surface area contributed by atoms with Crippen molar-refractivity contribution in [1.82, 2.24) is 14.5 Å². The maximum absolute atomic E-state index is 12.4. The highest BCUT2D eigenvalue weighted by Gasteiger charge is 2.29. The van der Waals surface area contributed by atoms with Crippen LogP contribution in [0.4, 0.5) is 0 Å². The van der Waals surface area contributed by atoms with E-state index in [0.29, 0.717) is 28.0 Å². The van der Waals surface area contributed by atoms with Crippen molar-refractivity contribution in [3.8, 4) is 11.8 Å². The van der Waals surface area contributed by atoms with Gasteiger partial charge in [-0.15, -0.1) is 0 Å². The Hall–Kier alpha value is -2.59. The standard InChI is InChI=1S/C15H9BrN4O2/c16-9-3-4-10-13-14(9)22-7-12(20(13)15(21)19-10)8-2-1-5-18-11(8)6-17/h1-5,12H,7H2,(H,19,21). The van der Waals surface area contributed by atoms with E-state index in [0.717, 1.165) is 4.47 Å². The maximum Gasteiger partial charge on any atom is 0.327 e. The zero-order valence-electron chi connectivity index (χ0n) is 11.2. The summed E-state index contributed by atoms with van der Waals surface area (Å²) in [4.78, 5) is 19.3. The van der Waals surface area contributed by atoms with Gasteiger partial charge in [0, 0.05) is 11.8 Å². The molecule has 0 spiro atoms. The molecule has 1 atom stereocenters. The van der Waals surface area contributed by atoms with Gasteiger partial charge < -0.3 is 9.72 Å². The normalized spacial score (nSPS) is 16.3. The smallest absolute Gasteiger partial charge is 0.327 e. The molecular weight excluding hydrogens is 348 g/mol. The van der Waals surface area contributed by atoms with Crippen LogP contribution in [0.15, 0.2) is 39.7 Å². The first kappa shape index (κ1) is 13.1. The number of nitriles is 1. The van der Waals surface area contributed by atoms with E-state index in [2.05, 4.69) is 32.0 Å². The van der Waals surface area contributed by atoms with Gasteiger partial charge in [-0.3, -0.25) is 4.57 Å². The van der Waals surface area contributed by atoms with Gasteiger partial charge >= 0.3 is 5.69 Å². The molecule has 6 nitrogen and oxygen atoms in total. The Labute approximate surface area is 133 Å². The fourth-order valence-corrected chi connectivity index (χ4v) is 3.28. The van der Waals surface area contributed by atoms with Gasteiger partial charge in [0.1, 0.15) is 29.9 Å². The SMILES string of the molecule is N#Cc1ncccc1C1COc2c(Br)ccc3[nH]c(=O)n1c23. The van der Waals surface area contributed by atoms with Crippen LogP contribution in [0, 0.1) is 11.3 Å². The third-order valence-electron chi connectivity index (χ3n) is 3.79. The van der Waals surface area contributed by atoms with Crippen LogP contribution >= 0.6 is 15.9 Å². The molecule has 7 heteroatoms. The fraction of sp³-hybridized carbons (Fsp3) is 0.133. The Morgan fingerprint density at radius 2 is 2.32 bits per heavy atom. The Bertz CT molecular complexity index is 999. The number of hydrogen-bond acceptors (Lipinski definition) is 4. The largest absolute Gasteiger partial charge is 0.488 e. The molecule has 0 saturated carbocycles. The highest BCUT2D eigenvalue weighted by Crippen LogP contribution is 2.38. The topological polar surface area (TPSA) is 83.7 Å². The van der Waals surface area contributed by atoms with E-state index in [9.17, 15) is 10.1 Å². The average Bonchev–Trinajstić information content (AvgIpc) is 2.89. The second kappa shape index (κ2) is 4.71. The number of hydrogen-bond donors (Lipinski definition) is 1. The molecule has 1 aromatic carbocycles. The highest BCUT2D eigenvalue weighted by atomic mass is 79.9. The molecule has 22 heavy (non-hydrogen) atoms. The first-order valence-corrected chi connectivity index (χ1v) is 7.40. The molecular formula is C15H9BrN4O2. The number of pyridine rings is 1. The van der Waals surface area contributed by atoms with Crippen molar-refractivity contribution in [3.05, 3.63) is 56.7 Å². The third-order valence-corrected chi connectivity index (χ3v) is 4.41. The molecule has 108 valence electrons. The van der Waals surface area contributed by atoms with Crippen molar-refractivity contribution < 1.29 is 4.74 Å². The number of aromatic nitrogens is 3. The van der Waals surface area contributed by atoms with Crippen LogP contribution in [0.1, 0.15) is 17.3 Å². The molecule has 2 aromatic heterocycles. The lowest BCUT2D eigenvalue weighted by molar-refractivity contribution is 0.254. The van der Waals surface area contributed by atoms with E-state index in [-0.39, 0.29) is 18.3 Å². The fourth-order valence-electron chi connectivity index (χ4n) is 2.84. The first-order valence-electron chi connectivity index (χ1n) is 6.61. The third kappa shape index (κ3) is 1.71. The molecule has 0 radical (unpaired) electrons. The van der Waals surface area contributed by atoms with Gasteiger partial charge in [0.25, 0.3) is 0 Å². The Kier molecular flexibility index (Phi) is 2.81. The van der Waals surface area contributed by atoms with E-state index in [4.69, 9.17) is 4.74 Å². The van der Waals surface area contributed by atoms with Gasteiger partial charge in [-0.1, -0.05) is 6.07 Å². The number of imidazole rings is 1. The second-order valence-corrected chi connectivity index (χ2v) is 5.81. The van der Waals surface area contributed by atoms with Crippen LogP contribution in [-0.2, 0) is 0 Å². The molecule has 0 amide bonds. The Morgan fingerprint density at radius 3 is 3.14 bits per heavy atom. The van der Waals surface area contributed by atoms with Crippen molar-refractivity contribution >= 4 is 27.0 Å². The molecule has 0 fully saturated rings. The zero-order chi connectivity index (χ0) is 15.3. The average molecular weight is 357 g/mol. The molecule has 1 aliphatic heterocycles. The number of halogens is 1. The van der Waals surface area contributed by atoms with Crippen LogP contribution in [0.25, 0.3) is 11.0 Å². The summed E-state index contributed by atoms with van der Waals surface area (Å²) in [6.45, 7) is 0.267. The van der Waals surface area contributed by atoms with Crippen LogP contribution in [-0.4, -0.2) is 21.1 Å². The summed E-state index contributed by atoms with van der Waals surface area (Å²) in [5, 5.41) is 9.25. The number of benzene rings is 1. The molecule has 1 aliphatic rings. The van der Waals surface area contributed by atoms with E-state index in [1.54, 1.807) is 22.9 Å². The second-order valence-electron chi connectivity index (χ2n) is 4.95. The Morgan fingerprint density at radius 1 is 1.45 bits per heavy atom. The summed E-state index contributed by atoms with van der Waals surface area (Å²) in [6.07, 6.45) is 1.56. The zero-order valence-corrected chi connectivity index (χ0v) is 12.8. The lowest BCUT2D eigenvalue weighted by atomic mass is 10.0. The van der Waals surface area contributed by atoms with E-state index >= 15 is 0 Å². The van der Waals surface area contributed by atoms with E-state index in [1.165, 1.54) is 0 Å². The van der Waals surface area contributed by atoms with Crippen molar-refractivity contribution in [3.63, 3.8) is 0 Å². The summed E-state index contributed by atoms with van der Waals surface area (Å²) in [6, 6.07) is 8.90. The lowest BCUT2D eigenvalue weighted by Crippen LogP contribution is -2.31. The number of nitrogens with one attached hydrogen (secondary N) is 1. The minimum absolute atomic E-state index is 0.226. The quantitative estimate of drug-likeness (QED) is 0.725. The van der Waals surface area contributed by atoms with Gasteiger partial charge in [0.2, 0.25) is 0 Å². The number of rotatable bonds is 1. The summed E-state index contributed by atoms with van der Waals surface area (Å²) in [5.74, 6) is 0.634. The molecule has 1 N–H and O–H groups in total. The molecule has 3 heterocycles. The van der Waals surface area contributed by atoms with Crippen LogP contribution in [0.3, 0.4) is 0 Å². The van der Waals surface area contributed by atoms with Gasteiger partial charge in [-0.25, -0.2) is 9.78 Å². The van der Waals surface area contributed by atoms with Crippen LogP contribution < -0.4 is 10.4 Å². The molecule has 3 aromatic rings. The summed E-state index contributed by atoms with van der Waals surface area (Å²) in [5.41, 5.74) is 2.16. The minimum atomic E-state index is -0.383. The number of aromatic amines is 1. The molecule has 0 saturated heterocycles. The van der Waals surface area contributed by atoms with Crippen molar-refractivity contribution in [2.75, 3.05) is 6.61 Å². The van der Waals surface area contributed by atoms with Crippen molar-refractivity contribution in [2.24, 2.45) is 0 Å². The molecule has 0 bridgehead atoms. The lowest BCUT2D eigenvalue weighted by Gasteiger charge is -2.26. The van der Waals surface area contributed by atoms with Gasteiger partial charge in [-0.2, -0.15) is 5.26 Å². The molecule has 0 aliphatic carbocycles. The highest BCUT2D eigenvalue weighted by molar-refractivity contribution is 9.10. The maximum atomic E-state index is 12.4. The van der Waals surface area contributed by atoms with Gasteiger partial charge in [-0.05, 0) is 34.1 Å².